The third-order valence-electron chi connectivity index (χ3n) is 1.63. The number of nitrogens with zero attached hydrogens (tertiary/aromatic N) is 2. The van der Waals surface area contributed by atoms with Crippen molar-refractivity contribution in [1.82, 2.24) is 18.1 Å². The number of hydrogen-bond donors (Lipinski definition) is 2. The van der Waals surface area contributed by atoms with Crippen LogP contribution in [0.15, 0.2) is 14.4 Å². The van der Waals surface area contributed by atoms with Crippen LogP contribution in [0.2, 0.25) is 0 Å². The molecule has 2 heterocycles. The van der Waals surface area contributed by atoms with Crippen LogP contribution in [0.1, 0.15) is 0 Å². The number of aromatic nitrogens is 4. The number of nitrogens with one attached hydrogen (secondary N) is 2. The van der Waals surface area contributed by atoms with Crippen LogP contribution in [-0.2, 0) is 0 Å². The van der Waals surface area contributed by atoms with Gasteiger partial charge in [0.15, 0.2) is 11.2 Å². The number of rotatable bonds is 0. The summed E-state index contributed by atoms with van der Waals surface area (Å²) in [4.78, 5) is 37.3. The number of halogens is 2. The quantitative estimate of drug-likeness (QED) is 0.627. The zero-order valence-electron chi connectivity index (χ0n) is 6.38. The number of hydrogen-bond acceptors (Lipinski definition) is 3. The zero-order chi connectivity index (χ0) is 10.5. The van der Waals surface area contributed by atoms with Crippen LogP contribution in [0.25, 0.3) is 11.2 Å². The van der Waals surface area contributed by atoms with Crippen molar-refractivity contribution in [3.63, 3.8) is 0 Å². The molecule has 0 aliphatic rings. The maximum atomic E-state index is 11.2. The molecule has 9 heteroatoms. The van der Waals surface area contributed by atoms with Crippen LogP contribution in [0.5, 0.6) is 0 Å². The summed E-state index contributed by atoms with van der Waals surface area (Å²) >= 11 is 10.9. The van der Waals surface area contributed by atoms with Crippen molar-refractivity contribution in [2.45, 2.75) is 0 Å². The highest BCUT2D eigenvalue weighted by Gasteiger charge is 2.14. The predicted octanol–water partition coefficient (Wildman–Crippen LogP) is -0.817. The van der Waals surface area contributed by atoms with Gasteiger partial charge in [-0.25, -0.2) is 9.59 Å². The first-order valence-corrected chi connectivity index (χ1v) is 4.02. The first-order valence-electron chi connectivity index (χ1n) is 3.34. The molecule has 0 atom stereocenters. The normalized spacial score (nSPS) is 11.0. The Balaban J connectivity index is 3.27. The Morgan fingerprint density at radius 1 is 1.00 bits per heavy atom. The third kappa shape index (κ3) is 1.03. The van der Waals surface area contributed by atoms with Crippen molar-refractivity contribution < 1.29 is 0 Å². The molecule has 14 heavy (non-hydrogen) atoms. The average molecular weight is 237 g/mol. The van der Waals surface area contributed by atoms with Gasteiger partial charge in [0.1, 0.15) is 0 Å². The van der Waals surface area contributed by atoms with E-state index in [4.69, 9.17) is 23.6 Å². The molecule has 2 aromatic heterocycles. The molecular formula is C5H2Cl2N4O3. The third-order valence-corrected chi connectivity index (χ3v) is 2.25. The fourth-order valence-corrected chi connectivity index (χ4v) is 1.53. The summed E-state index contributed by atoms with van der Waals surface area (Å²) in [5.41, 5.74) is -2.71. The Labute approximate surface area is 84.7 Å². The molecular weight excluding hydrogens is 235 g/mol. The summed E-state index contributed by atoms with van der Waals surface area (Å²) in [6.45, 7) is 0. The highest BCUT2D eigenvalue weighted by molar-refractivity contribution is 6.22. The van der Waals surface area contributed by atoms with Crippen molar-refractivity contribution in [2.75, 3.05) is 0 Å². The van der Waals surface area contributed by atoms with Crippen LogP contribution >= 0.6 is 23.6 Å². The monoisotopic (exact) mass is 236 g/mol. The largest absolute Gasteiger partial charge is 0.360 e. The molecule has 2 N–H and O–H groups in total. The summed E-state index contributed by atoms with van der Waals surface area (Å²) in [5.74, 6) is 0. The number of imidazole rings is 1. The Morgan fingerprint density at radius 2 is 1.64 bits per heavy atom. The first-order chi connectivity index (χ1) is 6.52. The van der Waals surface area contributed by atoms with Crippen LogP contribution in [0.3, 0.4) is 0 Å². The summed E-state index contributed by atoms with van der Waals surface area (Å²) < 4.78 is 1.08. The standard InChI is InChI=1S/C5H2Cl2N4O3/c6-10-1-2(11(7)5(10)14)8-4(13)9-3(1)12/h(H2,8,9,12,13). The summed E-state index contributed by atoms with van der Waals surface area (Å²) in [5, 5.41) is 0. The molecule has 0 aromatic carbocycles. The van der Waals surface area contributed by atoms with Crippen molar-refractivity contribution in [3.8, 4) is 0 Å². The van der Waals surface area contributed by atoms with Gasteiger partial charge in [0.2, 0.25) is 0 Å². The van der Waals surface area contributed by atoms with E-state index < -0.39 is 16.9 Å². The van der Waals surface area contributed by atoms with Crippen molar-refractivity contribution in [2.24, 2.45) is 0 Å². The van der Waals surface area contributed by atoms with Crippen LogP contribution in [0, 0.1) is 0 Å². The number of H-pyrrole nitrogens is 2. The molecule has 0 aliphatic carbocycles. The second-order valence-corrected chi connectivity index (χ2v) is 3.13. The van der Waals surface area contributed by atoms with Gasteiger partial charge in [0, 0.05) is 23.6 Å². The minimum absolute atomic E-state index is 0.139. The smallest absolute Gasteiger partial charge is 0.290 e. The van der Waals surface area contributed by atoms with Gasteiger partial charge < -0.3 is 0 Å². The van der Waals surface area contributed by atoms with Crippen LogP contribution in [-0.4, -0.2) is 18.1 Å². The topological polar surface area (TPSA) is 92.7 Å². The Bertz CT molecular complexity index is 675. The number of fused-ring (bicyclic) bond motifs is 1. The molecule has 0 amide bonds. The van der Waals surface area contributed by atoms with Crippen molar-refractivity contribution in [1.29, 1.82) is 0 Å². The van der Waals surface area contributed by atoms with Gasteiger partial charge in [-0.05, 0) is 0 Å². The van der Waals surface area contributed by atoms with Crippen molar-refractivity contribution >= 4 is 34.7 Å². The van der Waals surface area contributed by atoms with Crippen LogP contribution in [0.4, 0.5) is 0 Å². The summed E-state index contributed by atoms with van der Waals surface area (Å²) in [6, 6.07) is 0. The van der Waals surface area contributed by atoms with E-state index in [-0.39, 0.29) is 11.2 Å². The molecule has 0 fully saturated rings. The highest BCUT2D eigenvalue weighted by Crippen LogP contribution is 2.04. The molecule has 0 saturated carbocycles. The molecule has 2 rings (SSSR count). The maximum absolute atomic E-state index is 11.2. The van der Waals surface area contributed by atoms with Gasteiger partial charge in [-0.15, -0.1) is 0 Å². The minimum Gasteiger partial charge on any atom is -0.290 e. The lowest BCUT2D eigenvalue weighted by Gasteiger charge is -1.88. The second kappa shape index (κ2) is 2.76. The van der Waals surface area contributed by atoms with E-state index >= 15 is 0 Å². The van der Waals surface area contributed by atoms with Gasteiger partial charge in [-0.3, -0.25) is 14.8 Å². The lowest BCUT2D eigenvalue weighted by Crippen LogP contribution is -2.22. The van der Waals surface area contributed by atoms with Crippen LogP contribution < -0.4 is 16.9 Å². The summed E-state index contributed by atoms with van der Waals surface area (Å²) in [7, 11) is 0. The SMILES string of the molecule is O=c1[nH]c(=O)c2c([nH]1)n(Cl)c(=O)n2Cl. The van der Waals surface area contributed by atoms with Gasteiger partial charge in [0.25, 0.3) is 5.56 Å². The van der Waals surface area contributed by atoms with E-state index in [1.54, 1.807) is 0 Å². The fourth-order valence-electron chi connectivity index (χ4n) is 1.06. The predicted molar refractivity (Wildman–Crippen MR) is 49.9 cm³/mol. The number of aromatic amines is 2. The Hall–Kier alpha value is -1.47. The molecule has 7 nitrogen and oxygen atoms in total. The van der Waals surface area contributed by atoms with E-state index in [9.17, 15) is 14.4 Å². The Morgan fingerprint density at radius 3 is 2.29 bits per heavy atom. The molecule has 0 radical (unpaired) electrons. The first kappa shape index (κ1) is 9.10. The fraction of sp³-hybridized carbons (Fsp3) is 0. The second-order valence-electron chi connectivity index (χ2n) is 2.45. The molecule has 0 spiro atoms. The van der Waals surface area contributed by atoms with E-state index in [0.717, 1.165) is 0 Å². The molecule has 0 saturated heterocycles. The molecule has 0 unspecified atom stereocenters. The van der Waals surface area contributed by atoms with E-state index in [1.165, 1.54) is 0 Å². The molecule has 74 valence electrons. The highest BCUT2D eigenvalue weighted by atomic mass is 35.5. The van der Waals surface area contributed by atoms with Crippen molar-refractivity contribution in [3.05, 3.63) is 31.3 Å². The molecule has 0 bridgehead atoms. The molecule has 2 aromatic rings. The van der Waals surface area contributed by atoms with Gasteiger partial charge in [-0.1, -0.05) is 0 Å². The summed E-state index contributed by atoms with van der Waals surface area (Å²) in [6.07, 6.45) is 0. The van der Waals surface area contributed by atoms with E-state index in [0.29, 0.717) is 8.17 Å². The minimum atomic E-state index is -0.823. The van der Waals surface area contributed by atoms with E-state index in [2.05, 4.69) is 4.98 Å². The molecule has 0 aliphatic heterocycles. The van der Waals surface area contributed by atoms with E-state index in [1.807, 2.05) is 4.98 Å². The lowest BCUT2D eigenvalue weighted by atomic mass is 10.5. The lowest BCUT2D eigenvalue weighted by molar-refractivity contribution is 1.05. The maximum Gasteiger partial charge on any atom is 0.360 e. The Kier molecular flexibility index (Phi) is 1.79. The van der Waals surface area contributed by atoms with Gasteiger partial charge in [0.05, 0.1) is 0 Å². The zero-order valence-corrected chi connectivity index (χ0v) is 7.89. The van der Waals surface area contributed by atoms with Gasteiger partial charge >= 0.3 is 11.4 Å². The average Bonchev–Trinajstić information content (AvgIpc) is 2.31. The van der Waals surface area contributed by atoms with Gasteiger partial charge in [-0.2, -0.15) is 8.17 Å².